The molecule has 44 heavy (non-hydrogen) atoms. The lowest BCUT2D eigenvalue weighted by Gasteiger charge is -2.24. The van der Waals surface area contributed by atoms with E-state index in [0.717, 1.165) is 44.9 Å². The van der Waals surface area contributed by atoms with Gasteiger partial charge in [0.2, 0.25) is 5.91 Å². The molecule has 0 aliphatic carbocycles. The zero-order valence-corrected chi connectivity index (χ0v) is 29.7. The summed E-state index contributed by atoms with van der Waals surface area (Å²) in [5.41, 5.74) is 0. The number of aliphatic hydroxyl groups is 2. The summed E-state index contributed by atoms with van der Waals surface area (Å²) in [5.74, 6) is -1.45. The van der Waals surface area contributed by atoms with Crippen LogP contribution in [0.2, 0.25) is 0 Å². The minimum atomic E-state index is -4.39. The predicted molar refractivity (Wildman–Crippen MR) is 186 cm³/mol. The van der Waals surface area contributed by atoms with E-state index in [1.165, 1.54) is 122 Å². The Kier molecular flexibility index (Phi) is 30.4. The first kappa shape index (κ1) is 43.3. The molecular formula is C36H73NO6S. The first-order valence-electron chi connectivity index (χ1n) is 18.8. The van der Waals surface area contributed by atoms with Crippen molar-refractivity contribution in [3.05, 3.63) is 0 Å². The van der Waals surface area contributed by atoms with Gasteiger partial charge >= 0.3 is 0 Å². The number of unbranched alkanes of at least 4 members (excludes halogenated alkanes) is 25. The van der Waals surface area contributed by atoms with Gasteiger partial charge in [0.05, 0.1) is 17.9 Å². The number of hydrogen-bond donors (Lipinski definition) is 4. The van der Waals surface area contributed by atoms with Crippen molar-refractivity contribution in [1.29, 1.82) is 0 Å². The van der Waals surface area contributed by atoms with Crippen molar-refractivity contribution in [3.63, 3.8) is 0 Å². The van der Waals surface area contributed by atoms with Crippen molar-refractivity contribution in [1.82, 2.24) is 5.32 Å². The Bertz CT molecular complexity index is 732. The minimum absolute atomic E-state index is 0.301. The Morgan fingerprint density at radius 3 is 1.14 bits per heavy atom. The van der Waals surface area contributed by atoms with Gasteiger partial charge in [-0.05, 0) is 12.8 Å². The smallest absolute Gasteiger partial charge is 0.266 e. The quantitative estimate of drug-likeness (QED) is 0.0407. The third-order valence-electron chi connectivity index (χ3n) is 8.92. The number of carbonyl (C=O) groups is 1. The number of nitrogens with one attached hydrogen (secondary N) is 1. The van der Waals surface area contributed by atoms with Gasteiger partial charge in [-0.25, -0.2) is 0 Å². The molecule has 0 rings (SSSR count). The summed E-state index contributed by atoms with van der Waals surface area (Å²) in [4.78, 5) is 12.5. The van der Waals surface area contributed by atoms with Crippen LogP contribution in [0.25, 0.3) is 0 Å². The summed E-state index contributed by atoms with van der Waals surface area (Å²) in [6, 6.07) is -1.14. The van der Waals surface area contributed by atoms with Gasteiger partial charge in [0.1, 0.15) is 6.10 Å². The molecule has 0 fully saturated rings. The average Bonchev–Trinajstić information content (AvgIpc) is 2.98. The molecule has 0 heterocycles. The van der Waals surface area contributed by atoms with Crippen LogP contribution in [0, 0.1) is 0 Å². The number of rotatable bonds is 34. The van der Waals surface area contributed by atoms with Crippen LogP contribution in [0.3, 0.4) is 0 Å². The van der Waals surface area contributed by atoms with Crippen molar-refractivity contribution in [2.45, 2.75) is 218 Å². The Morgan fingerprint density at radius 2 is 0.818 bits per heavy atom. The molecule has 7 nitrogen and oxygen atoms in total. The van der Waals surface area contributed by atoms with Gasteiger partial charge in [0.15, 0.2) is 0 Å². The lowest BCUT2D eigenvalue weighted by Crippen LogP contribution is -2.50. The Balaban J connectivity index is 3.95. The molecule has 0 spiro atoms. The van der Waals surface area contributed by atoms with Crippen molar-refractivity contribution >= 4 is 16.0 Å². The van der Waals surface area contributed by atoms with Crippen LogP contribution in [0.1, 0.15) is 200 Å². The SMILES string of the molecule is CCCCCCCCCCCCCCCCCCCCC(O)C(CS(=O)(=O)O)NC(=O)C(O)CCCCCCCCCCC. The fourth-order valence-electron chi connectivity index (χ4n) is 5.99. The second kappa shape index (κ2) is 30.9. The highest BCUT2D eigenvalue weighted by atomic mass is 32.2. The van der Waals surface area contributed by atoms with E-state index in [1.807, 2.05) is 0 Å². The van der Waals surface area contributed by atoms with E-state index in [4.69, 9.17) is 0 Å². The minimum Gasteiger partial charge on any atom is -0.391 e. The van der Waals surface area contributed by atoms with Crippen molar-refractivity contribution in [3.8, 4) is 0 Å². The normalized spacial score (nSPS) is 14.0. The van der Waals surface area contributed by atoms with E-state index in [9.17, 15) is 28.0 Å². The summed E-state index contributed by atoms with van der Waals surface area (Å²) in [5, 5.41) is 23.4. The summed E-state index contributed by atoms with van der Waals surface area (Å²) in [6.07, 6.45) is 31.3. The predicted octanol–water partition coefficient (Wildman–Crippen LogP) is 9.43. The number of hydrogen-bond acceptors (Lipinski definition) is 5. The Hall–Kier alpha value is -0.700. The molecule has 0 aliphatic rings. The fourth-order valence-corrected chi connectivity index (χ4v) is 6.75. The molecule has 3 atom stereocenters. The number of aliphatic hydroxyl groups excluding tert-OH is 2. The zero-order chi connectivity index (χ0) is 32.7. The molecule has 8 heteroatoms. The van der Waals surface area contributed by atoms with Gasteiger partial charge in [0, 0.05) is 0 Å². The first-order valence-corrected chi connectivity index (χ1v) is 20.4. The van der Waals surface area contributed by atoms with Crippen LogP contribution in [-0.4, -0.2) is 53.1 Å². The van der Waals surface area contributed by atoms with Gasteiger partial charge in [0.25, 0.3) is 10.1 Å². The summed E-state index contributed by atoms with van der Waals surface area (Å²) in [7, 11) is -4.39. The third kappa shape index (κ3) is 30.0. The summed E-state index contributed by atoms with van der Waals surface area (Å²) >= 11 is 0. The second-order valence-corrected chi connectivity index (χ2v) is 14.9. The summed E-state index contributed by atoms with van der Waals surface area (Å²) < 4.78 is 32.4. The number of carbonyl (C=O) groups excluding carboxylic acids is 1. The van der Waals surface area contributed by atoms with E-state index in [-0.39, 0.29) is 0 Å². The molecule has 0 aromatic carbocycles. The topological polar surface area (TPSA) is 124 Å². The van der Waals surface area contributed by atoms with E-state index >= 15 is 0 Å². The lowest BCUT2D eigenvalue weighted by molar-refractivity contribution is -0.131. The monoisotopic (exact) mass is 648 g/mol. The van der Waals surface area contributed by atoms with Crippen LogP contribution in [-0.2, 0) is 14.9 Å². The third-order valence-corrected chi connectivity index (χ3v) is 9.70. The Labute approximate surface area is 272 Å². The van der Waals surface area contributed by atoms with Crippen molar-refractivity contribution in [2.24, 2.45) is 0 Å². The maximum atomic E-state index is 12.5. The standard InChI is InChI=1S/C36H73NO6S/c1-3-5-7-9-11-13-14-15-16-17-18-19-20-21-23-24-26-28-30-34(38)33(32-44(41,42)43)37-36(40)35(39)31-29-27-25-22-12-10-8-6-4-2/h33-35,38-39H,3-32H2,1-2H3,(H,37,40)(H,41,42,43). The molecule has 4 N–H and O–H groups in total. The Morgan fingerprint density at radius 1 is 0.523 bits per heavy atom. The van der Waals surface area contributed by atoms with Crippen LogP contribution in [0.4, 0.5) is 0 Å². The van der Waals surface area contributed by atoms with Crippen LogP contribution in [0.5, 0.6) is 0 Å². The highest BCUT2D eigenvalue weighted by Crippen LogP contribution is 2.16. The molecule has 0 radical (unpaired) electrons. The highest BCUT2D eigenvalue weighted by Gasteiger charge is 2.28. The van der Waals surface area contributed by atoms with Crippen LogP contribution < -0.4 is 5.32 Å². The molecule has 0 bridgehead atoms. The summed E-state index contributed by atoms with van der Waals surface area (Å²) in [6.45, 7) is 4.47. The van der Waals surface area contributed by atoms with Crippen molar-refractivity contribution < 1.29 is 28.0 Å². The molecule has 0 aromatic rings. The van der Waals surface area contributed by atoms with Crippen LogP contribution >= 0.6 is 0 Å². The van der Waals surface area contributed by atoms with E-state index in [1.54, 1.807) is 0 Å². The molecule has 0 saturated heterocycles. The number of amides is 1. The van der Waals surface area contributed by atoms with Gasteiger partial charge in [-0.3, -0.25) is 9.35 Å². The first-order chi connectivity index (χ1) is 21.2. The van der Waals surface area contributed by atoms with Crippen LogP contribution in [0.15, 0.2) is 0 Å². The second-order valence-electron chi connectivity index (χ2n) is 13.4. The maximum Gasteiger partial charge on any atom is 0.266 e. The van der Waals surface area contributed by atoms with E-state index in [0.29, 0.717) is 19.3 Å². The largest absolute Gasteiger partial charge is 0.391 e. The lowest BCUT2D eigenvalue weighted by atomic mass is 10.0. The van der Waals surface area contributed by atoms with Crippen molar-refractivity contribution in [2.75, 3.05) is 5.75 Å². The molecule has 0 aromatic heterocycles. The van der Waals surface area contributed by atoms with Gasteiger partial charge in [-0.1, -0.05) is 187 Å². The fraction of sp³-hybridized carbons (Fsp3) is 0.972. The molecule has 3 unspecified atom stereocenters. The van der Waals surface area contributed by atoms with Gasteiger partial charge in [-0.2, -0.15) is 8.42 Å². The molecule has 264 valence electrons. The zero-order valence-electron chi connectivity index (χ0n) is 28.9. The molecular weight excluding hydrogens is 574 g/mol. The van der Waals surface area contributed by atoms with E-state index < -0.39 is 40.0 Å². The van der Waals surface area contributed by atoms with Gasteiger partial charge in [-0.15, -0.1) is 0 Å². The molecule has 0 saturated carbocycles. The average molecular weight is 648 g/mol. The van der Waals surface area contributed by atoms with E-state index in [2.05, 4.69) is 19.2 Å². The highest BCUT2D eigenvalue weighted by molar-refractivity contribution is 7.85. The maximum absolute atomic E-state index is 12.5. The molecule has 0 aliphatic heterocycles. The van der Waals surface area contributed by atoms with Gasteiger partial charge < -0.3 is 15.5 Å². The molecule has 1 amide bonds.